The fraction of sp³-hybridized carbons (Fsp3) is 0.625. The number of benzene rings is 1. The van der Waals surface area contributed by atoms with Gasteiger partial charge in [-0.2, -0.15) is 0 Å². The molecule has 0 aromatic heterocycles. The van der Waals surface area contributed by atoms with Crippen LogP contribution in [0.4, 0.5) is 0 Å². The van der Waals surface area contributed by atoms with Crippen molar-refractivity contribution in [3.63, 3.8) is 0 Å². The van der Waals surface area contributed by atoms with E-state index in [9.17, 15) is 5.11 Å². The van der Waals surface area contributed by atoms with Crippen molar-refractivity contribution < 1.29 is 5.11 Å². The Morgan fingerprint density at radius 1 is 1.24 bits per heavy atom. The molecule has 2 rings (SSSR count). The highest BCUT2D eigenvalue weighted by atomic mass is 16.3. The number of hydrogen-bond donors (Lipinski definition) is 1. The zero-order valence-electron chi connectivity index (χ0n) is 11.5. The van der Waals surface area contributed by atoms with Crippen LogP contribution in [0.2, 0.25) is 0 Å². The number of rotatable bonds is 2. The van der Waals surface area contributed by atoms with Gasteiger partial charge in [0.05, 0.1) is 6.10 Å². The molecule has 1 aliphatic rings. The normalized spacial score (nSPS) is 24.5. The van der Waals surface area contributed by atoms with Gasteiger partial charge in [-0.1, -0.05) is 45.9 Å². The second-order valence-electron chi connectivity index (χ2n) is 6.08. The molecule has 1 N–H and O–H groups in total. The predicted octanol–water partition coefficient (Wildman–Crippen LogP) is 4.30. The molecule has 0 amide bonds. The highest BCUT2D eigenvalue weighted by Gasteiger charge is 2.26. The van der Waals surface area contributed by atoms with Crippen LogP contribution in [0.5, 0.6) is 0 Å². The summed E-state index contributed by atoms with van der Waals surface area (Å²) < 4.78 is 0. The Balaban J connectivity index is 2.46. The number of hydrogen-bond acceptors (Lipinski definition) is 1. The Kier molecular flexibility index (Phi) is 3.31. The summed E-state index contributed by atoms with van der Waals surface area (Å²) in [5, 5.41) is 10.1. The summed E-state index contributed by atoms with van der Waals surface area (Å²) in [5.41, 5.74) is 4.07. The minimum Gasteiger partial charge on any atom is -0.388 e. The van der Waals surface area contributed by atoms with Crippen LogP contribution in [-0.4, -0.2) is 5.11 Å². The number of aliphatic hydroxyl groups is 1. The highest BCUT2D eigenvalue weighted by Crippen LogP contribution is 2.39. The maximum atomic E-state index is 10.1. The van der Waals surface area contributed by atoms with Crippen molar-refractivity contribution in [2.75, 3.05) is 0 Å². The Morgan fingerprint density at radius 2 is 1.94 bits per heavy atom. The van der Waals surface area contributed by atoms with E-state index in [-0.39, 0.29) is 11.5 Å². The zero-order chi connectivity index (χ0) is 12.6. The first kappa shape index (κ1) is 12.6. The lowest BCUT2D eigenvalue weighted by molar-refractivity contribution is 0.151. The van der Waals surface area contributed by atoms with Gasteiger partial charge in [0, 0.05) is 0 Å². The predicted molar refractivity (Wildman–Crippen MR) is 72.4 cm³/mol. The molecule has 1 nitrogen and oxygen atoms in total. The van der Waals surface area contributed by atoms with Crippen LogP contribution in [0.25, 0.3) is 0 Å². The van der Waals surface area contributed by atoms with Gasteiger partial charge in [0.15, 0.2) is 0 Å². The number of fused-ring (bicyclic) bond motifs is 1. The van der Waals surface area contributed by atoms with Crippen molar-refractivity contribution in [2.45, 2.75) is 64.4 Å². The summed E-state index contributed by atoms with van der Waals surface area (Å²) >= 11 is 0. The van der Waals surface area contributed by atoms with Crippen molar-refractivity contribution in [3.8, 4) is 0 Å². The summed E-state index contributed by atoms with van der Waals surface area (Å²) in [7, 11) is 0. The van der Waals surface area contributed by atoms with Gasteiger partial charge in [0.25, 0.3) is 0 Å². The monoisotopic (exact) mass is 232 g/mol. The first-order chi connectivity index (χ1) is 7.95. The average molecular weight is 232 g/mol. The fourth-order valence-electron chi connectivity index (χ4n) is 2.66. The first-order valence-corrected chi connectivity index (χ1v) is 6.78. The van der Waals surface area contributed by atoms with Crippen LogP contribution in [0.1, 0.15) is 75.7 Å². The maximum Gasteiger partial charge on any atom is 0.0793 e. The van der Waals surface area contributed by atoms with Crippen molar-refractivity contribution in [1.82, 2.24) is 0 Å². The molecule has 0 saturated carbocycles. The van der Waals surface area contributed by atoms with Crippen LogP contribution < -0.4 is 0 Å². The van der Waals surface area contributed by atoms with E-state index in [0.717, 1.165) is 19.3 Å². The topological polar surface area (TPSA) is 20.2 Å². The third-order valence-electron chi connectivity index (χ3n) is 4.52. The first-order valence-electron chi connectivity index (χ1n) is 6.78. The van der Waals surface area contributed by atoms with E-state index in [1.54, 1.807) is 0 Å². The SMILES string of the molecule is CCC(C)(C)c1ccc2c(c1)C(O)CCC2C. The third kappa shape index (κ3) is 2.26. The van der Waals surface area contributed by atoms with Gasteiger partial charge in [0.1, 0.15) is 0 Å². The second-order valence-corrected chi connectivity index (χ2v) is 6.08. The molecule has 0 spiro atoms. The molecule has 0 heterocycles. The van der Waals surface area contributed by atoms with Crippen LogP contribution >= 0.6 is 0 Å². The molecule has 1 aromatic rings. The molecule has 2 unspecified atom stereocenters. The van der Waals surface area contributed by atoms with E-state index in [2.05, 4.69) is 45.9 Å². The quantitative estimate of drug-likeness (QED) is 0.805. The molecular formula is C16H24O. The van der Waals surface area contributed by atoms with E-state index < -0.39 is 0 Å². The van der Waals surface area contributed by atoms with Crippen LogP contribution in [0.15, 0.2) is 18.2 Å². The van der Waals surface area contributed by atoms with Gasteiger partial charge in [-0.3, -0.25) is 0 Å². The summed E-state index contributed by atoms with van der Waals surface area (Å²) in [4.78, 5) is 0. The Hall–Kier alpha value is -0.820. The molecule has 1 heteroatoms. The number of aliphatic hydroxyl groups excluding tert-OH is 1. The van der Waals surface area contributed by atoms with Crippen LogP contribution in [-0.2, 0) is 5.41 Å². The Morgan fingerprint density at radius 3 is 2.59 bits per heavy atom. The highest BCUT2D eigenvalue weighted by molar-refractivity contribution is 5.40. The molecule has 0 radical (unpaired) electrons. The van der Waals surface area contributed by atoms with Crippen molar-refractivity contribution in [2.24, 2.45) is 0 Å². The van der Waals surface area contributed by atoms with E-state index in [0.29, 0.717) is 5.92 Å². The molecule has 17 heavy (non-hydrogen) atoms. The van der Waals surface area contributed by atoms with E-state index in [1.165, 1.54) is 16.7 Å². The Bertz CT molecular complexity index is 406. The molecule has 1 aromatic carbocycles. The van der Waals surface area contributed by atoms with Crippen molar-refractivity contribution in [1.29, 1.82) is 0 Å². The second kappa shape index (κ2) is 4.45. The summed E-state index contributed by atoms with van der Waals surface area (Å²) in [6, 6.07) is 6.71. The third-order valence-corrected chi connectivity index (χ3v) is 4.52. The smallest absolute Gasteiger partial charge is 0.0793 e. The molecule has 0 aliphatic heterocycles. The van der Waals surface area contributed by atoms with E-state index in [1.807, 2.05) is 0 Å². The minimum atomic E-state index is -0.256. The maximum absolute atomic E-state index is 10.1. The largest absolute Gasteiger partial charge is 0.388 e. The molecule has 0 saturated heterocycles. The lowest BCUT2D eigenvalue weighted by Gasteiger charge is -2.30. The fourth-order valence-corrected chi connectivity index (χ4v) is 2.66. The van der Waals surface area contributed by atoms with Crippen LogP contribution in [0, 0.1) is 0 Å². The molecule has 0 fully saturated rings. The average Bonchev–Trinajstić information content (AvgIpc) is 2.33. The van der Waals surface area contributed by atoms with Crippen molar-refractivity contribution >= 4 is 0 Å². The van der Waals surface area contributed by atoms with Crippen molar-refractivity contribution in [3.05, 3.63) is 34.9 Å². The molecule has 1 aliphatic carbocycles. The summed E-state index contributed by atoms with van der Waals surface area (Å²) in [6.07, 6.45) is 2.88. The lowest BCUT2D eigenvalue weighted by Crippen LogP contribution is -2.19. The van der Waals surface area contributed by atoms with Gasteiger partial charge >= 0.3 is 0 Å². The van der Waals surface area contributed by atoms with E-state index >= 15 is 0 Å². The molecule has 2 atom stereocenters. The van der Waals surface area contributed by atoms with Gasteiger partial charge < -0.3 is 5.11 Å². The standard InChI is InChI=1S/C16H24O/c1-5-16(3,4)12-7-8-13-11(2)6-9-15(17)14(13)10-12/h7-8,10-11,15,17H,5-6,9H2,1-4H3. The zero-order valence-corrected chi connectivity index (χ0v) is 11.5. The van der Waals surface area contributed by atoms with Gasteiger partial charge in [-0.25, -0.2) is 0 Å². The summed E-state index contributed by atoms with van der Waals surface area (Å²) in [5.74, 6) is 0.590. The van der Waals surface area contributed by atoms with Crippen LogP contribution in [0.3, 0.4) is 0 Å². The Labute approximate surface area is 105 Å². The van der Waals surface area contributed by atoms with Gasteiger partial charge in [-0.15, -0.1) is 0 Å². The minimum absolute atomic E-state index is 0.204. The molecule has 0 bridgehead atoms. The van der Waals surface area contributed by atoms with Gasteiger partial charge in [-0.05, 0) is 47.3 Å². The lowest BCUT2D eigenvalue weighted by atomic mass is 9.76. The summed E-state index contributed by atoms with van der Waals surface area (Å²) in [6.45, 7) is 9.02. The molecule has 94 valence electrons. The van der Waals surface area contributed by atoms with E-state index in [4.69, 9.17) is 0 Å². The molecular weight excluding hydrogens is 208 g/mol. The van der Waals surface area contributed by atoms with Gasteiger partial charge in [0.2, 0.25) is 0 Å².